The van der Waals surface area contributed by atoms with Crippen LogP contribution in [-0.2, 0) is 23.7 Å². The van der Waals surface area contributed by atoms with Gasteiger partial charge in [-0.25, -0.2) is 0 Å². The molecule has 0 saturated carbocycles. The van der Waals surface area contributed by atoms with Crippen LogP contribution in [0.25, 0.3) is 0 Å². The van der Waals surface area contributed by atoms with Crippen LogP contribution in [0.5, 0.6) is 0 Å². The highest BCUT2D eigenvalue weighted by Gasteiger charge is 2.47. The molecule has 3 aliphatic heterocycles. The topological polar surface area (TPSA) is 282 Å². The van der Waals surface area contributed by atoms with Gasteiger partial charge in [0.05, 0.1) is 79.6 Å². The Balaban J connectivity index is 1.81. The third-order valence-electron chi connectivity index (χ3n) is 12.1. The average molecular weight is 894 g/mol. The molecule has 63 heavy (non-hydrogen) atoms. The molecule has 0 aromatic carbocycles. The molecule has 16 heteroatoms. The fourth-order valence-electron chi connectivity index (χ4n) is 7.81. The lowest BCUT2D eigenvalue weighted by Crippen LogP contribution is -2.61. The van der Waals surface area contributed by atoms with E-state index >= 15 is 0 Å². The van der Waals surface area contributed by atoms with Gasteiger partial charge < -0.3 is 75.7 Å². The third-order valence-corrected chi connectivity index (χ3v) is 12.1. The zero-order valence-corrected chi connectivity index (χ0v) is 37.2. The first-order valence-electron chi connectivity index (χ1n) is 22.2. The lowest BCUT2D eigenvalue weighted by atomic mass is 9.84. The Morgan fingerprint density at radius 3 is 1.78 bits per heavy atom. The third kappa shape index (κ3) is 18.5. The fraction of sp³-hybridized carbons (Fsp3) is 0.681. The quantitative estimate of drug-likeness (QED) is 0.176. The second-order valence-electron chi connectivity index (χ2n) is 17.6. The number of nitrogens with two attached hydrogens (primary N) is 1. The van der Waals surface area contributed by atoms with Crippen molar-refractivity contribution in [3.05, 3.63) is 85.1 Å². The van der Waals surface area contributed by atoms with Gasteiger partial charge in [0, 0.05) is 43.4 Å². The lowest BCUT2D eigenvalue weighted by molar-refractivity contribution is -0.309. The molecule has 0 aromatic heterocycles. The second kappa shape index (κ2) is 26.9. The van der Waals surface area contributed by atoms with E-state index < -0.39 is 128 Å². The monoisotopic (exact) mass is 894 g/mol. The van der Waals surface area contributed by atoms with E-state index in [9.17, 15) is 55.9 Å². The summed E-state index contributed by atoms with van der Waals surface area (Å²) < 4.78 is 23.6. The van der Waals surface area contributed by atoms with E-state index in [4.69, 9.17) is 24.7 Å². The molecule has 19 atom stereocenters. The van der Waals surface area contributed by atoms with Crippen molar-refractivity contribution in [2.75, 3.05) is 0 Å². The molecule has 9 unspecified atom stereocenters. The first-order chi connectivity index (χ1) is 29.7. The highest BCUT2D eigenvalue weighted by molar-refractivity contribution is 5.70. The van der Waals surface area contributed by atoms with Gasteiger partial charge in [-0.15, -0.1) is 0 Å². The number of esters is 1. The van der Waals surface area contributed by atoms with Crippen LogP contribution in [0.3, 0.4) is 0 Å². The predicted octanol–water partition coefficient (Wildman–Crippen LogP) is 1.65. The van der Waals surface area contributed by atoms with E-state index in [-0.39, 0.29) is 44.4 Å². The second-order valence-corrected chi connectivity index (χ2v) is 17.6. The Kier molecular flexibility index (Phi) is 23.2. The van der Waals surface area contributed by atoms with Crippen molar-refractivity contribution in [1.29, 1.82) is 0 Å². The van der Waals surface area contributed by atoms with Crippen LogP contribution in [0.15, 0.2) is 85.1 Å². The summed E-state index contributed by atoms with van der Waals surface area (Å²) in [5.74, 6) is -3.96. The molecule has 0 aromatic rings. The number of allylic oxidation sites excluding steroid dienone is 12. The zero-order chi connectivity index (χ0) is 46.9. The maximum absolute atomic E-state index is 12.6. The maximum atomic E-state index is 12.6. The van der Waals surface area contributed by atoms with Crippen LogP contribution in [0, 0.1) is 17.8 Å². The number of aliphatic hydroxyl groups excluding tert-OH is 9. The van der Waals surface area contributed by atoms with Crippen LogP contribution >= 0.6 is 0 Å². The lowest BCUT2D eigenvalue weighted by Gasteiger charge is -2.45. The minimum atomic E-state index is -2.05. The van der Waals surface area contributed by atoms with Gasteiger partial charge in [-0.3, -0.25) is 4.79 Å². The molecular weight excluding hydrogens is 819 g/mol. The van der Waals surface area contributed by atoms with Crippen molar-refractivity contribution in [3.8, 4) is 0 Å². The Hall–Kier alpha value is -2.91. The molecule has 3 rings (SSSR count). The van der Waals surface area contributed by atoms with Crippen molar-refractivity contribution >= 4 is 5.97 Å². The van der Waals surface area contributed by atoms with Gasteiger partial charge >= 0.3 is 5.97 Å². The highest BCUT2D eigenvalue weighted by Crippen LogP contribution is 2.37. The largest absolute Gasteiger partial charge is 0.462 e. The summed E-state index contributed by atoms with van der Waals surface area (Å²) >= 11 is 0. The van der Waals surface area contributed by atoms with E-state index in [1.807, 2.05) is 61.6 Å². The van der Waals surface area contributed by atoms with E-state index in [2.05, 4.69) is 0 Å². The van der Waals surface area contributed by atoms with Crippen LogP contribution in [-0.4, -0.2) is 155 Å². The number of hydrogen-bond acceptors (Lipinski definition) is 16. The van der Waals surface area contributed by atoms with Gasteiger partial charge in [0.25, 0.3) is 0 Å². The number of cyclic esters (lactones) is 1. The summed E-state index contributed by atoms with van der Waals surface area (Å²) in [6.07, 6.45) is 8.05. The van der Waals surface area contributed by atoms with Crippen LogP contribution in [0.4, 0.5) is 0 Å². The molecule has 12 N–H and O–H groups in total. The van der Waals surface area contributed by atoms with Gasteiger partial charge in [-0.1, -0.05) is 106 Å². The van der Waals surface area contributed by atoms with Gasteiger partial charge in [0.1, 0.15) is 12.2 Å². The van der Waals surface area contributed by atoms with Gasteiger partial charge in [0.2, 0.25) is 0 Å². The standard InChI is InChI=1S/C47H75NO15/c1-28-18-16-14-12-10-8-6-7-9-11-13-15-17-19-36(62-46-45(58)42(48)44(57)32(5)61-46)25-40-30(3)39(54)27-47(59,63-40)26-35(51)23-38(53)37(52)21-20-33(49)22-34(50)24-41(55)60-31(4)29(2)43(28)56/h6-19,28-40,42-46,49-54,56-59H,20-27,48H2,1-5H3/b7-6+,10-8+,11-9+,14-12+,15-13+,18-16+,19-17?/t28?,29?,30-,31?,32?,33-,34-,35+,36+,37-,38-,39?,40+,42?,43-,44?,45?,46?,47-/m1/s1. The molecular formula is C47H75NO15. The molecule has 2 saturated heterocycles. The first-order valence-corrected chi connectivity index (χ1v) is 22.2. The van der Waals surface area contributed by atoms with Gasteiger partial charge in [-0.05, 0) is 33.1 Å². The normalized spacial score (nSPS) is 46.1. The summed E-state index contributed by atoms with van der Waals surface area (Å²) in [4.78, 5) is 12.6. The van der Waals surface area contributed by atoms with Crippen LogP contribution < -0.4 is 5.73 Å². The van der Waals surface area contributed by atoms with E-state index in [0.29, 0.717) is 0 Å². The van der Waals surface area contributed by atoms with Gasteiger partial charge in [-0.2, -0.15) is 0 Å². The molecule has 2 fully saturated rings. The highest BCUT2D eigenvalue weighted by atomic mass is 16.7. The summed E-state index contributed by atoms with van der Waals surface area (Å²) in [6, 6.07) is -1.05. The molecule has 358 valence electrons. The number of rotatable bonds is 2. The van der Waals surface area contributed by atoms with Crippen molar-refractivity contribution in [1.82, 2.24) is 0 Å². The SMILES string of the molecule is CC1OC(O[C@H]2C=C/C=C/C=C/C=C/C=C/C=C/C=C/C(C)[C@@H](O)C(C)C(C)OC(=O)C[C@H](O)C[C@H](O)CC[C@@H](O)[C@H](O)C[C@H](O)C[C@]3(O)CC(O)[C@@H](C)[C@H](C2)O3)C(O)C(N)C1O. The summed E-state index contributed by atoms with van der Waals surface area (Å²) in [6.45, 7) is 8.60. The summed E-state index contributed by atoms with van der Waals surface area (Å²) in [5, 5.41) is 108. The number of carbonyl (C=O) groups excluding carboxylic acids is 1. The van der Waals surface area contributed by atoms with Crippen LogP contribution in [0.1, 0.15) is 86.0 Å². The van der Waals surface area contributed by atoms with Gasteiger partial charge in [0.15, 0.2) is 12.1 Å². The number of carbonyl (C=O) groups is 1. The minimum Gasteiger partial charge on any atom is -0.462 e. The summed E-state index contributed by atoms with van der Waals surface area (Å²) in [5.41, 5.74) is 6.05. The number of hydrogen-bond donors (Lipinski definition) is 11. The Morgan fingerprint density at radius 1 is 0.603 bits per heavy atom. The maximum Gasteiger partial charge on any atom is 0.308 e. The molecule has 3 aliphatic rings. The smallest absolute Gasteiger partial charge is 0.308 e. The average Bonchev–Trinajstić information content (AvgIpc) is 3.21. The van der Waals surface area contributed by atoms with Crippen molar-refractivity contribution in [2.45, 2.75) is 183 Å². The Morgan fingerprint density at radius 2 is 1.17 bits per heavy atom. The zero-order valence-electron chi connectivity index (χ0n) is 37.2. The molecule has 0 aliphatic carbocycles. The summed E-state index contributed by atoms with van der Waals surface area (Å²) in [7, 11) is 0. The number of aliphatic hydroxyl groups is 10. The first kappa shape index (κ1) is 54.4. The van der Waals surface area contributed by atoms with E-state index in [1.165, 1.54) is 0 Å². The predicted molar refractivity (Wildman–Crippen MR) is 235 cm³/mol. The van der Waals surface area contributed by atoms with Crippen molar-refractivity contribution in [2.24, 2.45) is 23.5 Å². The number of ether oxygens (including phenoxy) is 4. The molecule has 0 amide bonds. The molecule has 2 bridgehead atoms. The molecule has 16 nitrogen and oxygen atoms in total. The van der Waals surface area contributed by atoms with Crippen LogP contribution in [0.2, 0.25) is 0 Å². The van der Waals surface area contributed by atoms with E-state index in [1.54, 1.807) is 58.1 Å². The molecule has 3 heterocycles. The Bertz CT molecular complexity index is 1570. The number of fused-ring (bicyclic) bond motifs is 2. The molecule has 0 spiro atoms. The fourth-order valence-corrected chi connectivity index (χ4v) is 7.81. The Labute approximate surface area is 372 Å². The van der Waals surface area contributed by atoms with E-state index in [0.717, 1.165) is 0 Å². The molecule has 0 radical (unpaired) electrons. The van der Waals surface area contributed by atoms with Crippen molar-refractivity contribution in [3.63, 3.8) is 0 Å². The minimum absolute atomic E-state index is 0.0493. The van der Waals surface area contributed by atoms with Crippen molar-refractivity contribution < 1.29 is 74.8 Å².